The molecule has 2 unspecified atom stereocenters. The predicted molar refractivity (Wildman–Crippen MR) is 82.3 cm³/mol. The summed E-state index contributed by atoms with van der Waals surface area (Å²) >= 11 is 8.96. The lowest BCUT2D eigenvalue weighted by molar-refractivity contribution is 0.143. The largest absolute Gasteiger partial charge is 0.388 e. The van der Waals surface area contributed by atoms with Gasteiger partial charge < -0.3 is 10.8 Å². The second-order valence-electron chi connectivity index (χ2n) is 4.48. The van der Waals surface area contributed by atoms with Gasteiger partial charge in [-0.3, -0.25) is 0 Å². The third kappa shape index (κ3) is 3.20. The highest BCUT2D eigenvalue weighted by Gasteiger charge is 2.24. The van der Waals surface area contributed by atoms with Crippen molar-refractivity contribution in [2.24, 2.45) is 5.73 Å². The highest BCUT2D eigenvalue weighted by atomic mass is 79.9. The zero-order chi connectivity index (χ0) is 14.7. The first-order valence-corrected chi connectivity index (χ1v) is 7.29. The predicted octanol–water partition coefficient (Wildman–Crippen LogP) is 4.02. The van der Waals surface area contributed by atoms with E-state index < -0.39 is 17.8 Å². The molecule has 2 atom stereocenters. The van der Waals surface area contributed by atoms with Gasteiger partial charge >= 0.3 is 0 Å². The summed E-state index contributed by atoms with van der Waals surface area (Å²) < 4.78 is 14.4. The van der Waals surface area contributed by atoms with Crippen LogP contribution in [0.5, 0.6) is 0 Å². The van der Waals surface area contributed by atoms with Gasteiger partial charge in [-0.2, -0.15) is 0 Å². The first-order valence-electron chi connectivity index (χ1n) is 6.12. The molecule has 0 aromatic heterocycles. The Morgan fingerprint density at radius 2 is 1.85 bits per heavy atom. The van der Waals surface area contributed by atoms with Crippen LogP contribution in [0.2, 0.25) is 5.02 Å². The zero-order valence-corrected chi connectivity index (χ0v) is 12.9. The highest BCUT2D eigenvalue weighted by Crippen LogP contribution is 2.33. The molecule has 2 nitrogen and oxygen atoms in total. The second kappa shape index (κ2) is 6.68. The van der Waals surface area contributed by atoms with E-state index in [0.717, 1.165) is 5.56 Å². The normalized spacial score (nSPS) is 14.1. The Balaban J connectivity index is 2.36. The summed E-state index contributed by atoms with van der Waals surface area (Å²) in [4.78, 5) is 0. The minimum Gasteiger partial charge on any atom is -0.388 e. The van der Waals surface area contributed by atoms with E-state index in [9.17, 15) is 9.50 Å². The molecule has 2 rings (SSSR count). The van der Waals surface area contributed by atoms with E-state index >= 15 is 0 Å². The molecule has 0 saturated heterocycles. The van der Waals surface area contributed by atoms with Crippen LogP contribution in [0.4, 0.5) is 4.39 Å². The van der Waals surface area contributed by atoms with Crippen LogP contribution in [0.1, 0.15) is 23.1 Å². The molecule has 0 aliphatic carbocycles. The van der Waals surface area contributed by atoms with Crippen LogP contribution < -0.4 is 5.73 Å². The van der Waals surface area contributed by atoms with Gasteiger partial charge in [0.25, 0.3) is 0 Å². The fraction of sp³-hybridized carbons (Fsp3) is 0.200. The van der Waals surface area contributed by atoms with Crippen LogP contribution >= 0.6 is 27.5 Å². The van der Waals surface area contributed by atoms with E-state index in [1.165, 1.54) is 0 Å². The molecule has 0 heterocycles. The third-order valence-electron chi connectivity index (χ3n) is 3.23. The smallest absolute Gasteiger partial charge is 0.143 e. The number of nitrogens with two attached hydrogens (primary N) is 1. The molecule has 0 amide bonds. The maximum absolute atomic E-state index is 14.1. The maximum Gasteiger partial charge on any atom is 0.143 e. The van der Waals surface area contributed by atoms with Gasteiger partial charge in [0.05, 0.1) is 10.6 Å². The molecule has 0 spiro atoms. The number of benzene rings is 2. The molecule has 0 aliphatic rings. The molecule has 106 valence electrons. The van der Waals surface area contributed by atoms with Crippen LogP contribution in [0.3, 0.4) is 0 Å². The van der Waals surface area contributed by atoms with Crippen molar-refractivity contribution in [1.29, 1.82) is 0 Å². The summed E-state index contributed by atoms with van der Waals surface area (Å²) in [5.41, 5.74) is 6.79. The van der Waals surface area contributed by atoms with E-state index in [1.54, 1.807) is 42.5 Å². The Labute approximate surface area is 130 Å². The lowest BCUT2D eigenvalue weighted by Gasteiger charge is -2.23. The van der Waals surface area contributed by atoms with Gasteiger partial charge in [-0.15, -0.1) is 0 Å². The van der Waals surface area contributed by atoms with Gasteiger partial charge in [-0.25, -0.2) is 4.39 Å². The topological polar surface area (TPSA) is 46.2 Å². The lowest BCUT2D eigenvalue weighted by atomic mass is 9.89. The molecule has 3 N–H and O–H groups in total. The van der Waals surface area contributed by atoms with Crippen LogP contribution in [0, 0.1) is 5.82 Å². The Bertz CT molecular complexity index is 591. The van der Waals surface area contributed by atoms with Crippen molar-refractivity contribution in [3.05, 3.63) is 68.9 Å². The van der Waals surface area contributed by atoms with Crippen molar-refractivity contribution in [1.82, 2.24) is 0 Å². The van der Waals surface area contributed by atoms with Gasteiger partial charge in [-0.1, -0.05) is 35.9 Å². The van der Waals surface area contributed by atoms with Crippen LogP contribution in [0.15, 0.2) is 46.9 Å². The minimum absolute atomic E-state index is 0.203. The average molecular weight is 359 g/mol. The second-order valence-corrected chi connectivity index (χ2v) is 5.77. The van der Waals surface area contributed by atoms with Crippen molar-refractivity contribution in [3.8, 4) is 0 Å². The lowest BCUT2D eigenvalue weighted by Crippen LogP contribution is -2.21. The Morgan fingerprint density at radius 3 is 2.45 bits per heavy atom. The minimum atomic E-state index is -1.02. The van der Waals surface area contributed by atoms with Crippen molar-refractivity contribution in [3.63, 3.8) is 0 Å². The molecular formula is C15H14BrClFNO. The van der Waals surface area contributed by atoms with Crippen molar-refractivity contribution < 1.29 is 9.50 Å². The fourth-order valence-electron chi connectivity index (χ4n) is 2.12. The summed E-state index contributed by atoms with van der Waals surface area (Å²) in [5.74, 6) is -0.858. The number of halogens is 3. The molecule has 2 aromatic carbocycles. The molecule has 2 aromatic rings. The van der Waals surface area contributed by atoms with Crippen LogP contribution in [0.25, 0.3) is 0 Å². The van der Waals surface area contributed by atoms with E-state index in [4.69, 9.17) is 17.3 Å². The van der Waals surface area contributed by atoms with E-state index in [0.29, 0.717) is 9.50 Å². The van der Waals surface area contributed by atoms with Gasteiger partial charge in [0, 0.05) is 23.0 Å². The number of hydrogen-bond acceptors (Lipinski definition) is 2. The first kappa shape index (κ1) is 15.4. The van der Waals surface area contributed by atoms with Crippen molar-refractivity contribution in [2.75, 3.05) is 6.54 Å². The summed E-state index contributed by atoms with van der Waals surface area (Å²) in [7, 11) is 0. The first-order chi connectivity index (χ1) is 9.54. The van der Waals surface area contributed by atoms with E-state index in [-0.39, 0.29) is 12.1 Å². The quantitative estimate of drug-likeness (QED) is 0.867. The number of hydrogen-bond donors (Lipinski definition) is 2. The van der Waals surface area contributed by atoms with Gasteiger partial charge in [-0.05, 0) is 39.7 Å². The molecule has 0 radical (unpaired) electrons. The zero-order valence-electron chi connectivity index (χ0n) is 10.6. The Hall–Kier alpha value is -0.940. The number of rotatable bonds is 4. The standard InChI is InChI=1S/C15H14BrClFNO/c16-13-3-1-2-11(14(13)18)15(20)12(8-19)9-4-6-10(17)7-5-9/h1-7,12,15,20H,8,19H2. The molecule has 0 aliphatic heterocycles. The summed E-state index contributed by atoms with van der Waals surface area (Å²) in [6.45, 7) is 0.203. The van der Waals surface area contributed by atoms with Crippen molar-refractivity contribution >= 4 is 27.5 Å². The SMILES string of the molecule is NCC(c1ccc(Cl)cc1)C(O)c1cccc(Br)c1F. The highest BCUT2D eigenvalue weighted by molar-refractivity contribution is 9.10. The van der Waals surface area contributed by atoms with Gasteiger partial charge in [0.1, 0.15) is 5.82 Å². The Kier molecular flexibility index (Phi) is 5.16. The molecule has 0 saturated carbocycles. The van der Waals surface area contributed by atoms with Crippen molar-refractivity contribution in [2.45, 2.75) is 12.0 Å². The molecule has 0 fully saturated rings. The van der Waals surface area contributed by atoms with E-state index in [1.807, 2.05) is 0 Å². The van der Waals surface area contributed by atoms with Gasteiger partial charge in [0.15, 0.2) is 0 Å². The summed E-state index contributed by atoms with van der Waals surface area (Å²) in [6.07, 6.45) is -1.02. The summed E-state index contributed by atoms with van der Waals surface area (Å²) in [5, 5.41) is 11.0. The summed E-state index contributed by atoms with van der Waals surface area (Å²) in [6, 6.07) is 11.9. The van der Waals surface area contributed by atoms with E-state index in [2.05, 4.69) is 15.9 Å². The fourth-order valence-corrected chi connectivity index (χ4v) is 2.63. The maximum atomic E-state index is 14.1. The van der Waals surface area contributed by atoms with Crippen LogP contribution in [-0.2, 0) is 0 Å². The number of aliphatic hydroxyl groups excluding tert-OH is 1. The average Bonchev–Trinajstić information content (AvgIpc) is 2.44. The Morgan fingerprint density at radius 1 is 1.20 bits per heavy atom. The molecule has 5 heteroatoms. The van der Waals surface area contributed by atoms with Crippen LogP contribution in [-0.4, -0.2) is 11.7 Å². The third-order valence-corrected chi connectivity index (χ3v) is 4.10. The molecular weight excluding hydrogens is 345 g/mol. The monoisotopic (exact) mass is 357 g/mol. The molecule has 0 bridgehead atoms. The molecule has 20 heavy (non-hydrogen) atoms. The number of aliphatic hydroxyl groups is 1. The van der Waals surface area contributed by atoms with Gasteiger partial charge in [0.2, 0.25) is 0 Å².